The van der Waals surface area contributed by atoms with Crippen molar-refractivity contribution in [2.24, 2.45) is 17.1 Å². The quantitative estimate of drug-likeness (QED) is 0.886. The smallest absolute Gasteiger partial charge is 0.0596 e. The Bertz CT molecular complexity index is 410. The van der Waals surface area contributed by atoms with Gasteiger partial charge in [-0.1, -0.05) is 26.2 Å². The minimum Gasteiger partial charge on any atom is -0.330 e. The zero-order chi connectivity index (χ0) is 13.9. The summed E-state index contributed by atoms with van der Waals surface area (Å²) in [7, 11) is 0. The molecule has 1 aromatic rings. The van der Waals surface area contributed by atoms with Gasteiger partial charge in [-0.25, -0.2) is 0 Å². The lowest BCUT2D eigenvalue weighted by molar-refractivity contribution is 0.139. The monoisotopic (exact) mass is 263 g/mol. The fourth-order valence-corrected chi connectivity index (χ4v) is 3.75. The molecule has 2 atom stereocenters. The fourth-order valence-electron chi connectivity index (χ4n) is 3.75. The molecule has 1 heterocycles. The predicted molar refractivity (Wildman–Crippen MR) is 80.1 cm³/mol. The second-order valence-electron chi connectivity index (χ2n) is 6.34. The molecule has 0 spiro atoms. The summed E-state index contributed by atoms with van der Waals surface area (Å²) in [6.45, 7) is 8.34. The first-order chi connectivity index (χ1) is 9.12. The van der Waals surface area contributed by atoms with E-state index in [1.807, 2.05) is 0 Å². The van der Waals surface area contributed by atoms with E-state index in [4.69, 9.17) is 5.73 Å². The summed E-state index contributed by atoms with van der Waals surface area (Å²) in [4.78, 5) is 0. The molecule has 0 aliphatic heterocycles. The minimum atomic E-state index is 0.318. The third-order valence-corrected chi connectivity index (χ3v) is 4.89. The van der Waals surface area contributed by atoms with Gasteiger partial charge in [0, 0.05) is 12.2 Å². The third-order valence-electron chi connectivity index (χ3n) is 4.89. The van der Waals surface area contributed by atoms with Crippen LogP contribution >= 0.6 is 0 Å². The lowest BCUT2D eigenvalue weighted by Crippen LogP contribution is -2.38. The molecule has 0 amide bonds. The summed E-state index contributed by atoms with van der Waals surface area (Å²) in [6.07, 6.45) is 7.73. The Labute approximate surface area is 117 Å². The molecule has 2 unspecified atom stereocenters. The lowest BCUT2D eigenvalue weighted by atomic mass is 9.66. The number of rotatable bonds is 5. The molecular weight excluding hydrogens is 234 g/mol. The van der Waals surface area contributed by atoms with Crippen LogP contribution in [0.5, 0.6) is 0 Å². The Balaban J connectivity index is 2.17. The maximum Gasteiger partial charge on any atom is 0.0596 e. The van der Waals surface area contributed by atoms with Crippen molar-refractivity contribution in [2.45, 2.75) is 65.8 Å². The predicted octanol–water partition coefficient (Wildman–Crippen LogP) is 3.30. The highest BCUT2D eigenvalue weighted by atomic mass is 15.3. The van der Waals surface area contributed by atoms with Gasteiger partial charge in [0.2, 0.25) is 0 Å². The Hall–Kier alpha value is -0.830. The Morgan fingerprint density at radius 2 is 2.26 bits per heavy atom. The molecule has 108 valence electrons. The van der Waals surface area contributed by atoms with Crippen molar-refractivity contribution in [2.75, 3.05) is 6.54 Å². The van der Waals surface area contributed by atoms with E-state index in [-0.39, 0.29) is 0 Å². The van der Waals surface area contributed by atoms with Crippen LogP contribution in [0.2, 0.25) is 0 Å². The van der Waals surface area contributed by atoms with Gasteiger partial charge in [-0.15, -0.1) is 0 Å². The van der Waals surface area contributed by atoms with Crippen molar-refractivity contribution < 1.29 is 0 Å². The molecule has 0 saturated heterocycles. The van der Waals surface area contributed by atoms with Gasteiger partial charge >= 0.3 is 0 Å². The standard InChI is InChI=1S/C16H29N3/c1-4-14-7-6-8-16(10-14,12-17)11-15-9-13(3)18-19(15)5-2/h9,14H,4-8,10-12,17H2,1-3H3. The number of nitrogens with zero attached hydrogens (tertiary/aromatic N) is 2. The molecule has 1 saturated carbocycles. The molecule has 0 radical (unpaired) electrons. The topological polar surface area (TPSA) is 43.8 Å². The van der Waals surface area contributed by atoms with Crippen LogP contribution in [0.1, 0.15) is 57.3 Å². The SMILES string of the molecule is CCC1CCCC(CN)(Cc2cc(C)nn2CC)C1. The van der Waals surface area contributed by atoms with E-state index < -0.39 is 0 Å². The van der Waals surface area contributed by atoms with Gasteiger partial charge in [0.05, 0.1) is 5.69 Å². The second-order valence-corrected chi connectivity index (χ2v) is 6.34. The van der Waals surface area contributed by atoms with Crippen LogP contribution in [0.3, 0.4) is 0 Å². The minimum absolute atomic E-state index is 0.318. The van der Waals surface area contributed by atoms with Crippen molar-refractivity contribution in [1.82, 2.24) is 9.78 Å². The molecule has 0 bridgehead atoms. The highest BCUT2D eigenvalue weighted by molar-refractivity contribution is 5.12. The zero-order valence-electron chi connectivity index (χ0n) is 12.8. The van der Waals surface area contributed by atoms with Gasteiger partial charge in [0.15, 0.2) is 0 Å². The first-order valence-electron chi connectivity index (χ1n) is 7.86. The van der Waals surface area contributed by atoms with E-state index in [1.165, 1.54) is 37.8 Å². The van der Waals surface area contributed by atoms with Gasteiger partial charge in [-0.2, -0.15) is 5.10 Å². The number of hydrogen-bond acceptors (Lipinski definition) is 2. The Morgan fingerprint density at radius 3 is 2.89 bits per heavy atom. The van der Waals surface area contributed by atoms with E-state index >= 15 is 0 Å². The van der Waals surface area contributed by atoms with Crippen LogP contribution < -0.4 is 5.73 Å². The molecule has 1 fully saturated rings. The second kappa shape index (κ2) is 6.08. The first kappa shape index (κ1) is 14.6. The summed E-state index contributed by atoms with van der Waals surface area (Å²) in [5.41, 5.74) is 9.00. The van der Waals surface area contributed by atoms with E-state index in [9.17, 15) is 0 Å². The number of nitrogens with two attached hydrogens (primary N) is 1. The molecular formula is C16H29N3. The summed E-state index contributed by atoms with van der Waals surface area (Å²) < 4.78 is 2.16. The Morgan fingerprint density at radius 1 is 1.47 bits per heavy atom. The van der Waals surface area contributed by atoms with Crippen LogP contribution in [0.4, 0.5) is 0 Å². The van der Waals surface area contributed by atoms with E-state index in [1.54, 1.807) is 0 Å². The van der Waals surface area contributed by atoms with E-state index in [2.05, 4.69) is 36.6 Å². The van der Waals surface area contributed by atoms with Crippen LogP contribution in [0.25, 0.3) is 0 Å². The van der Waals surface area contributed by atoms with Gasteiger partial charge in [-0.05, 0) is 57.1 Å². The zero-order valence-corrected chi connectivity index (χ0v) is 12.8. The fraction of sp³-hybridized carbons (Fsp3) is 0.812. The highest BCUT2D eigenvalue weighted by Crippen LogP contribution is 2.42. The van der Waals surface area contributed by atoms with Crippen molar-refractivity contribution in [1.29, 1.82) is 0 Å². The van der Waals surface area contributed by atoms with Gasteiger partial charge in [-0.3, -0.25) is 4.68 Å². The lowest BCUT2D eigenvalue weighted by Gasteiger charge is -2.40. The first-order valence-corrected chi connectivity index (χ1v) is 7.86. The van der Waals surface area contributed by atoms with Crippen molar-refractivity contribution >= 4 is 0 Å². The molecule has 3 heteroatoms. The van der Waals surface area contributed by atoms with Crippen LogP contribution in [-0.4, -0.2) is 16.3 Å². The third kappa shape index (κ3) is 3.19. The average molecular weight is 263 g/mol. The number of aromatic nitrogens is 2. The van der Waals surface area contributed by atoms with Gasteiger partial charge < -0.3 is 5.73 Å². The molecule has 3 nitrogen and oxygen atoms in total. The molecule has 2 N–H and O–H groups in total. The Kier molecular flexibility index (Phi) is 4.67. The normalized spacial score (nSPS) is 27.7. The van der Waals surface area contributed by atoms with Crippen LogP contribution in [-0.2, 0) is 13.0 Å². The van der Waals surface area contributed by atoms with E-state index in [0.717, 1.165) is 31.1 Å². The van der Waals surface area contributed by atoms with Crippen LogP contribution in [0.15, 0.2) is 6.07 Å². The van der Waals surface area contributed by atoms with Crippen molar-refractivity contribution in [3.05, 3.63) is 17.5 Å². The van der Waals surface area contributed by atoms with Gasteiger partial charge in [0.1, 0.15) is 0 Å². The highest BCUT2D eigenvalue weighted by Gasteiger charge is 2.35. The molecule has 19 heavy (non-hydrogen) atoms. The van der Waals surface area contributed by atoms with Crippen LogP contribution in [0, 0.1) is 18.3 Å². The largest absolute Gasteiger partial charge is 0.330 e. The summed E-state index contributed by atoms with van der Waals surface area (Å²) in [6, 6.07) is 2.25. The molecule has 1 aromatic heterocycles. The molecule has 0 aromatic carbocycles. The number of aryl methyl sites for hydroxylation is 2. The molecule has 1 aliphatic carbocycles. The van der Waals surface area contributed by atoms with Crippen molar-refractivity contribution in [3.8, 4) is 0 Å². The van der Waals surface area contributed by atoms with Gasteiger partial charge in [0.25, 0.3) is 0 Å². The van der Waals surface area contributed by atoms with Crippen molar-refractivity contribution in [3.63, 3.8) is 0 Å². The summed E-state index contributed by atoms with van der Waals surface area (Å²) in [5.74, 6) is 0.872. The van der Waals surface area contributed by atoms with E-state index in [0.29, 0.717) is 5.41 Å². The number of hydrogen-bond donors (Lipinski definition) is 1. The average Bonchev–Trinajstić information content (AvgIpc) is 2.78. The maximum atomic E-state index is 6.17. The maximum absolute atomic E-state index is 6.17. The molecule has 1 aliphatic rings. The summed E-state index contributed by atoms with van der Waals surface area (Å²) >= 11 is 0. The molecule has 2 rings (SSSR count). The summed E-state index contributed by atoms with van der Waals surface area (Å²) in [5, 5.41) is 4.58.